The third-order valence-electron chi connectivity index (χ3n) is 6.19. The lowest BCUT2D eigenvalue weighted by Gasteiger charge is -2.30. The third-order valence-corrected chi connectivity index (χ3v) is 8.71. The topological polar surface area (TPSA) is 105 Å². The van der Waals surface area contributed by atoms with Crippen LogP contribution in [0.2, 0.25) is 5.02 Å². The van der Waals surface area contributed by atoms with Crippen LogP contribution in [0.15, 0.2) is 65.8 Å². The van der Waals surface area contributed by atoms with Gasteiger partial charge in [-0.2, -0.15) is 4.31 Å². The Kier molecular flexibility index (Phi) is 9.62. The molecule has 3 rings (SSSR count). The fourth-order valence-electron chi connectivity index (χ4n) is 4.14. The van der Waals surface area contributed by atoms with E-state index in [0.29, 0.717) is 30.1 Å². The molecule has 36 heavy (non-hydrogen) atoms. The number of carbonyl (C=O) groups excluding carboxylic acids is 1. The highest BCUT2D eigenvalue weighted by Crippen LogP contribution is 2.33. The highest BCUT2D eigenvalue weighted by atomic mass is 35.5. The van der Waals surface area contributed by atoms with E-state index in [2.05, 4.69) is 10.3 Å². The number of halogens is 1. The van der Waals surface area contributed by atoms with Gasteiger partial charge in [-0.05, 0) is 79.3 Å². The van der Waals surface area contributed by atoms with E-state index in [1.165, 1.54) is 4.31 Å². The molecule has 3 N–H and O–H groups in total. The van der Waals surface area contributed by atoms with Gasteiger partial charge in [0.25, 0.3) is 0 Å². The number of nitrogens with zero attached hydrogens (tertiary/aromatic N) is 2. The first-order chi connectivity index (χ1) is 17.2. The molecule has 0 saturated heterocycles. The Morgan fingerprint density at radius 3 is 2.64 bits per heavy atom. The number of nitrogens with two attached hydrogens (primary N) is 1. The standard InChI is InChI=1S/C27H33ClN4O3S/c1-19-18-30-14-12-24(19)23-8-4-7-22(17-23)21(3)32(16-6-11-27(33)31-15-13-29)36(34,35)26-10-5-9-25(28)20(26)2/h4-5,7-10,12,14,17-18,21H,6,11,13,15-16,29H2,1-3H3,(H,31,33). The fraction of sp³-hybridized carbons (Fsp3) is 0.333. The molecule has 1 amide bonds. The van der Waals surface area contributed by atoms with Crippen molar-refractivity contribution in [2.75, 3.05) is 19.6 Å². The van der Waals surface area contributed by atoms with Crippen LogP contribution >= 0.6 is 11.6 Å². The SMILES string of the molecule is Cc1cnccc1-c1cccc(C(C)N(CCCC(=O)NCCN)S(=O)(=O)c2cccc(Cl)c2C)c1. The molecule has 1 unspecified atom stereocenters. The molecule has 1 heterocycles. The number of sulfonamides is 1. The van der Waals surface area contributed by atoms with Gasteiger partial charge in [0.1, 0.15) is 0 Å². The maximum atomic E-state index is 13.9. The summed E-state index contributed by atoms with van der Waals surface area (Å²) in [5, 5.41) is 3.12. The number of aromatic nitrogens is 1. The normalized spacial score (nSPS) is 12.5. The van der Waals surface area contributed by atoms with Crippen LogP contribution in [0.3, 0.4) is 0 Å². The Hall–Kier alpha value is -2.78. The largest absolute Gasteiger partial charge is 0.355 e. The number of hydrogen-bond acceptors (Lipinski definition) is 5. The van der Waals surface area contributed by atoms with E-state index in [-0.39, 0.29) is 23.8 Å². The number of hydrogen-bond donors (Lipinski definition) is 2. The number of pyridine rings is 1. The van der Waals surface area contributed by atoms with Crippen molar-refractivity contribution in [2.45, 2.75) is 44.6 Å². The van der Waals surface area contributed by atoms with Gasteiger partial charge in [-0.25, -0.2) is 8.42 Å². The van der Waals surface area contributed by atoms with Gasteiger partial charge in [-0.3, -0.25) is 9.78 Å². The minimum absolute atomic E-state index is 0.153. The molecule has 0 radical (unpaired) electrons. The molecule has 0 saturated carbocycles. The predicted molar refractivity (Wildman–Crippen MR) is 144 cm³/mol. The van der Waals surface area contributed by atoms with Gasteiger partial charge in [0.05, 0.1) is 4.90 Å². The summed E-state index contributed by atoms with van der Waals surface area (Å²) in [7, 11) is -3.91. The monoisotopic (exact) mass is 528 g/mol. The average molecular weight is 529 g/mol. The Balaban J connectivity index is 1.97. The second-order valence-corrected chi connectivity index (χ2v) is 11.0. The van der Waals surface area contributed by atoms with Crippen LogP contribution in [0.5, 0.6) is 0 Å². The summed E-state index contributed by atoms with van der Waals surface area (Å²) in [5.41, 5.74) is 9.85. The fourth-order valence-corrected chi connectivity index (χ4v) is 6.28. The van der Waals surface area contributed by atoms with E-state index < -0.39 is 16.1 Å². The molecule has 0 aliphatic heterocycles. The number of rotatable bonds is 11. The number of carbonyl (C=O) groups is 1. The average Bonchev–Trinajstić information content (AvgIpc) is 2.86. The number of amides is 1. The summed E-state index contributed by atoms with van der Waals surface area (Å²) in [4.78, 5) is 16.4. The van der Waals surface area contributed by atoms with Crippen molar-refractivity contribution < 1.29 is 13.2 Å². The van der Waals surface area contributed by atoms with Crippen molar-refractivity contribution >= 4 is 27.5 Å². The highest BCUT2D eigenvalue weighted by molar-refractivity contribution is 7.89. The number of aryl methyl sites for hydroxylation is 1. The van der Waals surface area contributed by atoms with Crippen molar-refractivity contribution in [1.82, 2.24) is 14.6 Å². The van der Waals surface area contributed by atoms with E-state index in [0.717, 1.165) is 22.3 Å². The van der Waals surface area contributed by atoms with E-state index in [1.807, 2.05) is 44.2 Å². The maximum Gasteiger partial charge on any atom is 0.243 e. The molecule has 0 aliphatic rings. The molecule has 0 fully saturated rings. The van der Waals surface area contributed by atoms with Gasteiger partial charge in [-0.15, -0.1) is 0 Å². The first kappa shape index (κ1) is 27.8. The van der Waals surface area contributed by atoms with Crippen LogP contribution in [0, 0.1) is 13.8 Å². The molecule has 1 atom stereocenters. The predicted octanol–water partition coefficient (Wildman–Crippen LogP) is 4.63. The maximum absolute atomic E-state index is 13.9. The molecular formula is C27H33ClN4O3S. The van der Waals surface area contributed by atoms with Crippen LogP contribution in [-0.4, -0.2) is 43.2 Å². The molecule has 0 bridgehead atoms. The Bertz CT molecular complexity index is 1310. The molecule has 3 aromatic rings. The van der Waals surface area contributed by atoms with Crippen LogP contribution in [0.1, 0.15) is 42.5 Å². The zero-order valence-corrected chi connectivity index (χ0v) is 22.4. The minimum atomic E-state index is -3.91. The lowest BCUT2D eigenvalue weighted by atomic mass is 9.98. The summed E-state index contributed by atoms with van der Waals surface area (Å²) >= 11 is 6.27. The van der Waals surface area contributed by atoms with Crippen LogP contribution in [0.25, 0.3) is 11.1 Å². The zero-order valence-electron chi connectivity index (χ0n) is 20.9. The van der Waals surface area contributed by atoms with E-state index >= 15 is 0 Å². The van der Waals surface area contributed by atoms with Gasteiger partial charge in [0, 0.05) is 49.5 Å². The second-order valence-electron chi connectivity index (χ2n) is 8.71. The van der Waals surface area contributed by atoms with E-state index in [9.17, 15) is 13.2 Å². The van der Waals surface area contributed by atoms with Gasteiger partial charge in [0.2, 0.25) is 15.9 Å². The summed E-state index contributed by atoms with van der Waals surface area (Å²) < 4.78 is 29.3. The van der Waals surface area contributed by atoms with E-state index in [1.54, 1.807) is 37.5 Å². The molecular weight excluding hydrogens is 496 g/mol. The van der Waals surface area contributed by atoms with Crippen LogP contribution < -0.4 is 11.1 Å². The molecule has 192 valence electrons. The van der Waals surface area contributed by atoms with E-state index in [4.69, 9.17) is 17.3 Å². The van der Waals surface area contributed by atoms with Crippen LogP contribution in [0.4, 0.5) is 0 Å². The van der Waals surface area contributed by atoms with Crippen molar-refractivity contribution in [1.29, 1.82) is 0 Å². The Morgan fingerprint density at radius 2 is 1.92 bits per heavy atom. The van der Waals surface area contributed by atoms with Crippen molar-refractivity contribution in [3.05, 3.63) is 82.6 Å². The second kappa shape index (κ2) is 12.5. The summed E-state index contributed by atoms with van der Waals surface area (Å²) in [5.74, 6) is -0.153. The highest BCUT2D eigenvalue weighted by Gasteiger charge is 2.31. The molecule has 7 nitrogen and oxygen atoms in total. The summed E-state index contributed by atoms with van der Waals surface area (Å²) in [6, 6.07) is 14.2. The van der Waals surface area contributed by atoms with Gasteiger partial charge in [0.15, 0.2) is 0 Å². The zero-order chi connectivity index (χ0) is 26.3. The lowest BCUT2D eigenvalue weighted by molar-refractivity contribution is -0.121. The minimum Gasteiger partial charge on any atom is -0.355 e. The molecule has 1 aromatic heterocycles. The third kappa shape index (κ3) is 6.50. The Labute approximate surface area is 218 Å². The van der Waals surface area contributed by atoms with Crippen molar-refractivity contribution in [3.63, 3.8) is 0 Å². The number of nitrogens with one attached hydrogen (secondary N) is 1. The van der Waals surface area contributed by atoms with Gasteiger partial charge < -0.3 is 11.1 Å². The molecule has 0 aliphatic carbocycles. The van der Waals surface area contributed by atoms with Gasteiger partial charge >= 0.3 is 0 Å². The number of benzene rings is 2. The lowest BCUT2D eigenvalue weighted by Crippen LogP contribution is -2.36. The molecule has 9 heteroatoms. The smallest absolute Gasteiger partial charge is 0.243 e. The Morgan fingerprint density at radius 1 is 1.17 bits per heavy atom. The quantitative estimate of drug-likeness (QED) is 0.377. The molecule has 2 aromatic carbocycles. The van der Waals surface area contributed by atoms with Crippen molar-refractivity contribution in [2.24, 2.45) is 5.73 Å². The summed E-state index contributed by atoms with van der Waals surface area (Å²) in [6.45, 7) is 6.47. The summed E-state index contributed by atoms with van der Waals surface area (Å²) in [6.07, 6.45) is 4.11. The first-order valence-corrected chi connectivity index (χ1v) is 13.7. The van der Waals surface area contributed by atoms with Crippen molar-refractivity contribution in [3.8, 4) is 11.1 Å². The first-order valence-electron chi connectivity index (χ1n) is 11.9. The van der Waals surface area contributed by atoms with Crippen LogP contribution in [-0.2, 0) is 14.8 Å². The van der Waals surface area contributed by atoms with Gasteiger partial charge in [-0.1, -0.05) is 35.9 Å². The molecule has 0 spiro atoms.